The van der Waals surface area contributed by atoms with E-state index in [-0.39, 0.29) is 0 Å². The van der Waals surface area contributed by atoms with Crippen LogP contribution in [0.5, 0.6) is 0 Å². The zero-order valence-corrected chi connectivity index (χ0v) is 10.9. The highest BCUT2D eigenvalue weighted by Gasteiger charge is 2.16. The summed E-state index contributed by atoms with van der Waals surface area (Å²) in [6, 6.07) is 6.54. The van der Waals surface area contributed by atoms with Gasteiger partial charge in [-0.05, 0) is 36.7 Å². The molecule has 17 heavy (non-hydrogen) atoms. The van der Waals surface area contributed by atoms with Crippen LogP contribution in [0.15, 0.2) is 30.5 Å². The van der Waals surface area contributed by atoms with Gasteiger partial charge in [-0.15, -0.1) is 0 Å². The minimum atomic E-state index is 0.990. The first-order valence-electron chi connectivity index (χ1n) is 6.52. The molecule has 1 aromatic rings. The van der Waals surface area contributed by atoms with Crippen LogP contribution in [-0.2, 0) is 12.8 Å². The Kier molecular flexibility index (Phi) is 3.85. The number of nitrogens with zero attached hydrogens (tertiary/aromatic N) is 1. The van der Waals surface area contributed by atoms with Gasteiger partial charge in [0.25, 0.3) is 0 Å². The highest BCUT2D eigenvalue weighted by molar-refractivity contribution is 5.64. The van der Waals surface area contributed by atoms with E-state index in [9.17, 15) is 0 Å². The molecule has 0 bridgehead atoms. The molecule has 1 N–H and O–H groups in total. The Balaban J connectivity index is 2.07. The SMILES string of the molecule is C=C1Cc2c(CCN(CC)CC)cccc2N1. The van der Waals surface area contributed by atoms with E-state index in [4.69, 9.17) is 0 Å². The molecule has 0 atom stereocenters. The molecular weight excluding hydrogens is 208 g/mol. The molecule has 0 amide bonds. The normalized spacial score (nSPS) is 13.9. The first-order chi connectivity index (χ1) is 8.24. The van der Waals surface area contributed by atoms with Gasteiger partial charge in [0.15, 0.2) is 0 Å². The number of nitrogens with one attached hydrogen (secondary N) is 1. The summed E-state index contributed by atoms with van der Waals surface area (Å²) in [5.74, 6) is 0. The number of rotatable bonds is 5. The van der Waals surface area contributed by atoms with Crippen molar-refractivity contribution in [2.45, 2.75) is 26.7 Å². The van der Waals surface area contributed by atoms with Crippen LogP contribution in [-0.4, -0.2) is 24.5 Å². The van der Waals surface area contributed by atoms with Gasteiger partial charge in [-0.25, -0.2) is 0 Å². The first-order valence-corrected chi connectivity index (χ1v) is 6.52. The second-order valence-electron chi connectivity index (χ2n) is 4.63. The molecule has 0 radical (unpaired) electrons. The van der Waals surface area contributed by atoms with E-state index in [0.29, 0.717) is 0 Å². The molecule has 2 rings (SSSR count). The number of fused-ring (bicyclic) bond motifs is 1. The van der Waals surface area contributed by atoms with Crippen molar-refractivity contribution in [2.24, 2.45) is 0 Å². The molecule has 1 aliphatic rings. The van der Waals surface area contributed by atoms with E-state index >= 15 is 0 Å². The molecule has 0 spiro atoms. The minimum absolute atomic E-state index is 0.990. The van der Waals surface area contributed by atoms with E-state index < -0.39 is 0 Å². The lowest BCUT2D eigenvalue weighted by molar-refractivity contribution is 0.308. The zero-order valence-electron chi connectivity index (χ0n) is 10.9. The lowest BCUT2D eigenvalue weighted by Crippen LogP contribution is -2.25. The maximum absolute atomic E-state index is 4.02. The third-order valence-corrected chi connectivity index (χ3v) is 3.57. The van der Waals surface area contributed by atoms with Crippen molar-refractivity contribution >= 4 is 5.69 Å². The highest BCUT2D eigenvalue weighted by atomic mass is 15.1. The van der Waals surface area contributed by atoms with Crippen LogP contribution in [0.25, 0.3) is 0 Å². The van der Waals surface area contributed by atoms with Crippen molar-refractivity contribution in [3.8, 4) is 0 Å². The van der Waals surface area contributed by atoms with Gasteiger partial charge in [-0.1, -0.05) is 32.6 Å². The van der Waals surface area contributed by atoms with Crippen molar-refractivity contribution in [2.75, 3.05) is 25.0 Å². The number of hydrogen-bond donors (Lipinski definition) is 1. The molecule has 0 saturated carbocycles. The van der Waals surface area contributed by atoms with Gasteiger partial charge in [0, 0.05) is 24.4 Å². The Hall–Kier alpha value is -1.28. The molecular formula is C15H22N2. The average Bonchev–Trinajstić information content (AvgIpc) is 2.71. The van der Waals surface area contributed by atoms with Gasteiger partial charge in [-0.2, -0.15) is 0 Å². The molecule has 2 heteroatoms. The Bertz CT molecular complexity index is 405. The van der Waals surface area contributed by atoms with E-state index in [0.717, 1.165) is 38.2 Å². The summed E-state index contributed by atoms with van der Waals surface area (Å²) in [7, 11) is 0. The molecule has 92 valence electrons. The molecule has 0 aliphatic carbocycles. The van der Waals surface area contributed by atoms with Crippen molar-refractivity contribution in [3.63, 3.8) is 0 Å². The number of anilines is 1. The van der Waals surface area contributed by atoms with Crippen LogP contribution < -0.4 is 5.32 Å². The monoisotopic (exact) mass is 230 g/mol. The van der Waals surface area contributed by atoms with Crippen LogP contribution >= 0.6 is 0 Å². The van der Waals surface area contributed by atoms with Crippen LogP contribution in [0.3, 0.4) is 0 Å². The zero-order chi connectivity index (χ0) is 12.3. The van der Waals surface area contributed by atoms with E-state index in [1.54, 1.807) is 0 Å². The van der Waals surface area contributed by atoms with Gasteiger partial charge in [0.1, 0.15) is 0 Å². The molecule has 0 unspecified atom stereocenters. The maximum atomic E-state index is 4.02. The number of benzene rings is 1. The van der Waals surface area contributed by atoms with Crippen molar-refractivity contribution in [1.82, 2.24) is 4.90 Å². The summed E-state index contributed by atoms with van der Waals surface area (Å²) in [5.41, 5.74) is 5.30. The fraction of sp³-hybridized carbons (Fsp3) is 0.467. The lowest BCUT2D eigenvalue weighted by Gasteiger charge is -2.18. The molecule has 1 aliphatic heterocycles. The van der Waals surface area contributed by atoms with E-state index in [1.165, 1.54) is 16.8 Å². The Morgan fingerprint density at radius 3 is 2.76 bits per heavy atom. The minimum Gasteiger partial charge on any atom is -0.359 e. The van der Waals surface area contributed by atoms with Gasteiger partial charge < -0.3 is 10.2 Å². The molecule has 2 nitrogen and oxygen atoms in total. The van der Waals surface area contributed by atoms with E-state index in [1.807, 2.05) is 0 Å². The Morgan fingerprint density at radius 2 is 2.06 bits per heavy atom. The first kappa shape index (κ1) is 12.2. The summed E-state index contributed by atoms with van der Waals surface area (Å²) < 4.78 is 0. The third kappa shape index (κ3) is 2.70. The Morgan fingerprint density at radius 1 is 1.29 bits per heavy atom. The summed E-state index contributed by atoms with van der Waals surface area (Å²) in [4.78, 5) is 2.47. The van der Waals surface area contributed by atoms with Crippen LogP contribution in [0.1, 0.15) is 25.0 Å². The van der Waals surface area contributed by atoms with E-state index in [2.05, 4.69) is 48.8 Å². The van der Waals surface area contributed by atoms with Gasteiger partial charge in [0.2, 0.25) is 0 Å². The van der Waals surface area contributed by atoms with Gasteiger partial charge >= 0.3 is 0 Å². The van der Waals surface area contributed by atoms with Crippen LogP contribution in [0, 0.1) is 0 Å². The highest BCUT2D eigenvalue weighted by Crippen LogP contribution is 2.30. The quantitative estimate of drug-likeness (QED) is 0.836. The summed E-state index contributed by atoms with van der Waals surface area (Å²) >= 11 is 0. The van der Waals surface area contributed by atoms with Crippen LogP contribution in [0.2, 0.25) is 0 Å². The standard InChI is InChI=1S/C15H22N2/c1-4-17(5-2)10-9-13-7-6-8-15-14(13)11-12(3)16-15/h6-8,16H,3-5,9-11H2,1-2H3. The summed E-state index contributed by atoms with van der Waals surface area (Å²) in [6.45, 7) is 11.9. The molecule has 1 aromatic carbocycles. The fourth-order valence-electron chi connectivity index (χ4n) is 2.46. The average molecular weight is 230 g/mol. The molecule has 0 saturated heterocycles. The lowest BCUT2D eigenvalue weighted by atomic mass is 10.0. The molecule has 0 aromatic heterocycles. The second-order valence-corrected chi connectivity index (χ2v) is 4.63. The second kappa shape index (κ2) is 5.37. The summed E-state index contributed by atoms with van der Waals surface area (Å²) in [5, 5.41) is 3.35. The van der Waals surface area contributed by atoms with Crippen molar-refractivity contribution in [1.29, 1.82) is 0 Å². The maximum Gasteiger partial charge on any atom is 0.0421 e. The largest absolute Gasteiger partial charge is 0.359 e. The van der Waals surface area contributed by atoms with Crippen molar-refractivity contribution in [3.05, 3.63) is 41.6 Å². The summed E-state index contributed by atoms with van der Waals surface area (Å²) in [6.07, 6.45) is 2.13. The number of allylic oxidation sites excluding steroid dienone is 1. The Labute approximate surface area is 104 Å². The third-order valence-electron chi connectivity index (χ3n) is 3.57. The number of likely N-dealkylation sites (N-methyl/N-ethyl adjacent to an activating group) is 1. The van der Waals surface area contributed by atoms with Crippen LogP contribution in [0.4, 0.5) is 5.69 Å². The fourth-order valence-corrected chi connectivity index (χ4v) is 2.46. The molecule has 0 fully saturated rings. The topological polar surface area (TPSA) is 15.3 Å². The predicted octanol–water partition coefficient (Wildman–Crippen LogP) is 3.05. The predicted molar refractivity (Wildman–Crippen MR) is 74.4 cm³/mol. The smallest absolute Gasteiger partial charge is 0.0421 e. The van der Waals surface area contributed by atoms with Gasteiger partial charge in [-0.3, -0.25) is 0 Å². The molecule has 1 heterocycles. The number of hydrogen-bond acceptors (Lipinski definition) is 2. The van der Waals surface area contributed by atoms with Gasteiger partial charge in [0.05, 0.1) is 0 Å². The van der Waals surface area contributed by atoms with Crippen molar-refractivity contribution < 1.29 is 0 Å².